The van der Waals surface area contributed by atoms with Crippen molar-refractivity contribution in [3.63, 3.8) is 0 Å². The monoisotopic (exact) mass is 402 g/mol. The molecule has 0 saturated carbocycles. The number of benzene rings is 1. The molecule has 0 fully saturated rings. The lowest BCUT2D eigenvalue weighted by molar-refractivity contribution is -0.118. The van der Waals surface area contributed by atoms with E-state index in [9.17, 15) is 14.4 Å². The van der Waals surface area contributed by atoms with Crippen molar-refractivity contribution in [2.24, 2.45) is 5.73 Å². The van der Waals surface area contributed by atoms with Gasteiger partial charge in [-0.15, -0.1) is 0 Å². The Hall–Kier alpha value is -3.29. The molecule has 0 atom stereocenters. The van der Waals surface area contributed by atoms with Crippen molar-refractivity contribution in [2.75, 3.05) is 19.0 Å². The minimum Gasteiger partial charge on any atom is -0.497 e. The Balaban J connectivity index is 2.21. The van der Waals surface area contributed by atoms with Crippen molar-refractivity contribution in [1.29, 1.82) is 0 Å². The first-order chi connectivity index (χ1) is 13.5. The number of carbonyl (C=O) groups excluding carboxylic acids is 3. The summed E-state index contributed by atoms with van der Waals surface area (Å²) in [7, 11) is 1.58. The summed E-state index contributed by atoms with van der Waals surface area (Å²) in [5.74, 6) is -0.568. The number of methoxy groups -OCH3 is 1. The van der Waals surface area contributed by atoms with E-state index in [2.05, 4.69) is 5.32 Å². The number of ether oxygens (including phenoxy) is 2. The number of hydrogen-bond donors (Lipinski definition) is 2. The molecule has 2 amide bonds. The van der Waals surface area contributed by atoms with Crippen LogP contribution in [-0.2, 0) is 10.2 Å². The van der Waals surface area contributed by atoms with Gasteiger partial charge < -0.3 is 19.6 Å². The normalized spacial score (nSPS) is 11.1. The summed E-state index contributed by atoms with van der Waals surface area (Å²) in [6.07, 6.45) is 0. The molecule has 29 heavy (non-hydrogen) atoms. The van der Waals surface area contributed by atoms with E-state index < -0.39 is 11.8 Å². The molecule has 0 saturated heterocycles. The molecular formula is C21H26N2O6. The van der Waals surface area contributed by atoms with Crippen LogP contribution in [0, 0.1) is 6.92 Å². The third-order valence-electron chi connectivity index (χ3n) is 4.29. The maximum Gasteiger partial charge on any atom is 0.264 e. The Morgan fingerprint density at radius 1 is 1.17 bits per heavy atom. The van der Waals surface area contributed by atoms with Gasteiger partial charge in [0, 0.05) is 5.56 Å². The summed E-state index contributed by atoms with van der Waals surface area (Å²) in [6, 6.07) is 5.32. The van der Waals surface area contributed by atoms with Gasteiger partial charge in [0.15, 0.2) is 12.4 Å². The molecule has 156 valence electrons. The van der Waals surface area contributed by atoms with Crippen LogP contribution in [0.15, 0.2) is 22.6 Å². The van der Waals surface area contributed by atoms with Crippen LogP contribution in [0.4, 0.5) is 5.88 Å². The van der Waals surface area contributed by atoms with Gasteiger partial charge in [-0.1, -0.05) is 20.8 Å². The van der Waals surface area contributed by atoms with Crippen molar-refractivity contribution in [1.82, 2.24) is 0 Å². The SMILES string of the molecule is COc1ccc(OCC(=O)Nc2oc(C)c(C(C)=O)c2C(N)=O)c(C(C)(C)C)c1. The summed E-state index contributed by atoms with van der Waals surface area (Å²) in [6.45, 7) is 8.52. The number of amides is 2. The fourth-order valence-corrected chi connectivity index (χ4v) is 2.95. The summed E-state index contributed by atoms with van der Waals surface area (Å²) in [4.78, 5) is 35.9. The van der Waals surface area contributed by atoms with Crippen LogP contribution in [0.25, 0.3) is 0 Å². The Labute approximate surface area is 169 Å². The van der Waals surface area contributed by atoms with E-state index in [1.807, 2.05) is 26.8 Å². The van der Waals surface area contributed by atoms with Crippen molar-refractivity contribution in [2.45, 2.75) is 40.0 Å². The van der Waals surface area contributed by atoms with Gasteiger partial charge in [0.1, 0.15) is 22.8 Å². The molecule has 2 aromatic rings. The van der Waals surface area contributed by atoms with Crippen LogP contribution in [-0.4, -0.2) is 31.3 Å². The lowest BCUT2D eigenvalue weighted by Crippen LogP contribution is -2.24. The Kier molecular flexibility index (Phi) is 6.36. The first kappa shape index (κ1) is 22.0. The van der Waals surface area contributed by atoms with E-state index in [1.165, 1.54) is 13.8 Å². The highest BCUT2D eigenvalue weighted by Crippen LogP contribution is 2.34. The van der Waals surface area contributed by atoms with Crippen molar-refractivity contribution in [3.8, 4) is 11.5 Å². The van der Waals surface area contributed by atoms with Crippen LogP contribution in [0.1, 0.15) is 59.7 Å². The first-order valence-electron chi connectivity index (χ1n) is 9.01. The molecule has 0 aliphatic rings. The molecule has 0 spiro atoms. The number of ketones is 1. The predicted octanol–water partition coefficient (Wildman–Crippen LogP) is 3.21. The number of furan rings is 1. The highest BCUT2D eigenvalue weighted by molar-refractivity contribution is 6.12. The number of anilines is 1. The van der Waals surface area contributed by atoms with E-state index in [0.29, 0.717) is 11.5 Å². The van der Waals surface area contributed by atoms with E-state index in [-0.39, 0.29) is 40.6 Å². The molecule has 0 bridgehead atoms. The van der Waals surface area contributed by atoms with Crippen molar-refractivity contribution >= 4 is 23.5 Å². The summed E-state index contributed by atoms with van der Waals surface area (Å²) >= 11 is 0. The van der Waals surface area contributed by atoms with Gasteiger partial charge in [0.05, 0.1) is 12.7 Å². The molecule has 3 N–H and O–H groups in total. The van der Waals surface area contributed by atoms with Gasteiger partial charge in [0.2, 0.25) is 5.88 Å². The zero-order valence-electron chi connectivity index (χ0n) is 17.5. The average molecular weight is 402 g/mol. The third-order valence-corrected chi connectivity index (χ3v) is 4.29. The fourth-order valence-electron chi connectivity index (χ4n) is 2.95. The van der Waals surface area contributed by atoms with Gasteiger partial charge >= 0.3 is 0 Å². The van der Waals surface area contributed by atoms with E-state index >= 15 is 0 Å². The molecule has 1 aromatic carbocycles. The van der Waals surface area contributed by atoms with Gasteiger partial charge in [-0.2, -0.15) is 0 Å². The number of Topliss-reactive ketones (excluding diaryl/α,β-unsaturated/α-hetero) is 1. The minimum absolute atomic E-state index is 0.0545. The number of aryl methyl sites for hydroxylation is 1. The second-order valence-electron chi connectivity index (χ2n) is 7.61. The Bertz CT molecular complexity index is 953. The average Bonchev–Trinajstić information content (AvgIpc) is 2.95. The number of rotatable bonds is 7. The Morgan fingerprint density at radius 3 is 2.34 bits per heavy atom. The maximum absolute atomic E-state index is 12.4. The fraction of sp³-hybridized carbons (Fsp3) is 0.381. The minimum atomic E-state index is -0.867. The molecule has 8 heteroatoms. The molecule has 0 radical (unpaired) electrons. The van der Waals surface area contributed by atoms with Gasteiger partial charge in [-0.05, 0) is 37.5 Å². The smallest absolute Gasteiger partial charge is 0.264 e. The highest BCUT2D eigenvalue weighted by Gasteiger charge is 2.26. The zero-order chi connectivity index (χ0) is 21.9. The molecule has 0 aliphatic heterocycles. The lowest BCUT2D eigenvalue weighted by Gasteiger charge is -2.23. The second-order valence-corrected chi connectivity index (χ2v) is 7.61. The van der Waals surface area contributed by atoms with Gasteiger partial charge in [-0.25, -0.2) is 0 Å². The zero-order valence-corrected chi connectivity index (χ0v) is 17.5. The number of hydrogen-bond acceptors (Lipinski definition) is 6. The van der Waals surface area contributed by atoms with Crippen LogP contribution in [0.2, 0.25) is 0 Å². The second kappa shape index (κ2) is 8.38. The van der Waals surface area contributed by atoms with E-state index in [0.717, 1.165) is 5.56 Å². The predicted molar refractivity (Wildman–Crippen MR) is 108 cm³/mol. The number of nitrogens with one attached hydrogen (secondary N) is 1. The summed E-state index contributed by atoms with van der Waals surface area (Å²) in [5, 5.41) is 2.45. The molecule has 8 nitrogen and oxygen atoms in total. The largest absolute Gasteiger partial charge is 0.497 e. The first-order valence-corrected chi connectivity index (χ1v) is 9.01. The summed E-state index contributed by atoms with van der Waals surface area (Å²) < 4.78 is 16.3. The van der Waals surface area contributed by atoms with Crippen LogP contribution >= 0.6 is 0 Å². The number of carbonyl (C=O) groups is 3. The number of primary amides is 1. The molecule has 0 unspecified atom stereocenters. The van der Waals surface area contributed by atoms with Gasteiger partial charge in [-0.3, -0.25) is 19.7 Å². The molecule has 1 aromatic heterocycles. The topological polar surface area (TPSA) is 121 Å². The highest BCUT2D eigenvalue weighted by atomic mass is 16.5. The van der Waals surface area contributed by atoms with Gasteiger partial charge in [0.25, 0.3) is 11.8 Å². The molecule has 2 rings (SSSR count). The van der Waals surface area contributed by atoms with Crippen LogP contribution < -0.4 is 20.5 Å². The van der Waals surface area contributed by atoms with Crippen molar-refractivity contribution in [3.05, 3.63) is 40.6 Å². The van der Waals surface area contributed by atoms with Crippen molar-refractivity contribution < 1.29 is 28.3 Å². The molecular weight excluding hydrogens is 376 g/mol. The van der Waals surface area contributed by atoms with E-state index in [1.54, 1.807) is 19.2 Å². The quantitative estimate of drug-likeness (QED) is 0.686. The Morgan fingerprint density at radius 2 is 1.83 bits per heavy atom. The van der Waals surface area contributed by atoms with Crippen LogP contribution in [0.3, 0.4) is 0 Å². The third kappa shape index (κ3) is 4.96. The molecule has 0 aliphatic carbocycles. The molecule has 1 heterocycles. The number of nitrogens with two attached hydrogens (primary N) is 1. The van der Waals surface area contributed by atoms with E-state index in [4.69, 9.17) is 19.6 Å². The standard InChI is InChI=1S/C21H26N2O6/c1-11(24)17-12(2)29-20(18(17)19(22)26)23-16(25)10-28-15-8-7-13(27-6)9-14(15)21(3,4)5/h7-9H,10H2,1-6H3,(H2,22,26)(H,23,25). The van der Waals surface area contributed by atoms with Crippen LogP contribution in [0.5, 0.6) is 11.5 Å². The lowest BCUT2D eigenvalue weighted by atomic mass is 9.86. The summed E-state index contributed by atoms with van der Waals surface area (Å²) in [5.41, 5.74) is 5.89. The maximum atomic E-state index is 12.4.